The van der Waals surface area contributed by atoms with Gasteiger partial charge in [-0.3, -0.25) is 5.41 Å². The zero-order valence-electron chi connectivity index (χ0n) is 15.4. The van der Waals surface area contributed by atoms with Crippen LogP contribution >= 0.6 is 0 Å². The molecule has 0 amide bonds. The molecule has 0 bridgehead atoms. The van der Waals surface area contributed by atoms with Crippen molar-refractivity contribution in [2.75, 3.05) is 0 Å². The van der Waals surface area contributed by atoms with Crippen molar-refractivity contribution in [3.05, 3.63) is 72.3 Å². The lowest BCUT2D eigenvalue weighted by Gasteiger charge is -2.13. The Morgan fingerprint density at radius 3 is 2.12 bits per heavy atom. The minimum Gasteiger partial charge on any atom is -0.439 e. The number of hydrogen-bond acceptors (Lipinski definition) is 4. The van der Waals surface area contributed by atoms with Gasteiger partial charge >= 0.3 is 5.97 Å². The fourth-order valence-corrected chi connectivity index (χ4v) is 2.24. The van der Waals surface area contributed by atoms with E-state index in [1.165, 1.54) is 0 Å². The average Bonchev–Trinajstić information content (AvgIpc) is 2.62. The first-order chi connectivity index (χ1) is 12.3. The van der Waals surface area contributed by atoms with Gasteiger partial charge in [-0.15, -0.1) is 0 Å². The number of hydrogen-bond donors (Lipinski definition) is 1. The molecule has 0 atom stereocenters. The predicted octanol–water partition coefficient (Wildman–Crippen LogP) is 5.33. The highest BCUT2D eigenvalue weighted by atomic mass is 16.5. The highest BCUT2D eigenvalue weighted by Crippen LogP contribution is 2.29. The molecular weight excluding hydrogens is 326 g/mol. The van der Waals surface area contributed by atoms with Crippen molar-refractivity contribution in [1.29, 1.82) is 5.41 Å². The quantitative estimate of drug-likeness (QED) is 0.252. The highest BCUT2D eigenvalue weighted by Gasteiger charge is 2.10. The number of aryl methyl sites for hydroxylation is 1. The van der Waals surface area contributed by atoms with Crippen LogP contribution in [0.3, 0.4) is 0 Å². The van der Waals surface area contributed by atoms with E-state index in [1.807, 2.05) is 37.3 Å². The van der Waals surface area contributed by atoms with Gasteiger partial charge in [0.15, 0.2) is 0 Å². The molecule has 2 rings (SSSR count). The van der Waals surface area contributed by atoms with E-state index in [9.17, 15) is 4.79 Å². The van der Waals surface area contributed by atoms with Crippen LogP contribution in [0, 0.1) is 5.41 Å². The first kappa shape index (κ1) is 19.2. The van der Waals surface area contributed by atoms with Crippen molar-refractivity contribution in [3.63, 3.8) is 0 Å². The Balaban J connectivity index is 2.23. The SMILES string of the molecule is C=C(C)C(=N)Oc1ccc(-c2ccc(OC(=O)C(=C)C)cc2)cc1CC. The maximum Gasteiger partial charge on any atom is 0.338 e. The van der Waals surface area contributed by atoms with Crippen molar-refractivity contribution in [3.8, 4) is 22.6 Å². The summed E-state index contributed by atoms with van der Waals surface area (Å²) in [5, 5.41) is 7.81. The molecule has 0 aliphatic heterocycles. The molecule has 4 nitrogen and oxygen atoms in total. The smallest absolute Gasteiger partial charge is 0.338 e. The van der Waals surface area contributed by atoms with Crippen LogP contribution in [0.15, 0.2) is 66.8 Å². The molecule has 0 heterocycles. The second-order valence-electron chi connectivity index (χ2n) is 6.08. The number of esters is 1. The second kappa shape index (κ2) is 8.30. The molecular formula is C22H23NO3. The van der Waals surface area contributed by atoms with E-state index in [4.69, 9.17) is 14.9 Å². The molecule has 0 aliphatic rings. The third-order valence-electron chi connectivity index (χ3n) is 3.79. The number of carbonyl (C=O) groups excluding carboxylic acids is 1. The Hall–Kier alpha value is -3.14. The summed E-state index contributed by atoms with van der Waals surface area (Å²) in [7, 11) is 0. The first-order valence-electron chi connectivity index (χ1n) is 8.35. The lowest BCUT2D eigenvalue weighted by molar-refractivity contribution is -0.130. The number of rotatable bonds is 6. The van der Waals surface area contributed by atoms with E-state index >= 15 is 0 Å². The summed E-state index contributed by atoms with van der Waals surface area (Å²) in [5.41, 5.74) is 3.96. The lowest BCUT2D eigenvalue weighted by atomic mass is 10.0. The van der Waals surface area contributed by atoms with Crippen molar-refractivity contribution in [2.45, 2.75) is 27.2 Å². The number of benzene rings is 2. The van der Waals surface area contributed by atoms with Gasteiger partial charge in [-0.25, -0.2) is 4.79 Å². The minimum absolute atomic E-state index is 0.0659. The molecule has 0 unspecified atom stereocenters. The Bertz CT molecular complexity index is 863. The van der Waals surface area contributed by atoms with Crippen LogP contribution < -0.4 is 9.47 Å². The average molecular weight is 349 g/mol. The van der Waals surface area contributed by atoms with Crippen LogP contribution in [0.2, 0.25) is 0 Å². The second-order valence-corrected chi connectivity index (χ2v) is 6.08. The van der Waals surface area contributed by atoms with E-state index in [0.717, 1.165) is 23.1 Å². The summed E-state index contributed by atoms with van der Waals surface area (Å²) >= 11 is 0. The monoisotopic (exact) mass is 349 g/mol. The normalized spacial score (nSPS) is 10.1. The molecule has 2 aromatic carbocycles. The highest BCUT2D eigenvalue weighted by molar-refractivity contribution is 5.91. The Labute approximate surface area is 154 Å². The van der Waals surface area contributed by atoms with Gasteiger partial charge in [-0.1, -0.05) is 38.3 Å². The third-order valence-corrected chi connectivity index (χ3v) is 3.79. The molecule has 0 spiro atoms. The van der Waals surface area contributed by atoms with Crippen molar-refractivity contribution >= 4 is 11.9 Å². The molecule has 0 radical (unpaired) electrons. The van der Waals surface area contributed by atoms with Crippen LogP contribution in [0.25, 0.3) is 11.1 Å². The molecule has 0 saturated carbocycles. The molecule has 1 N–H and O–H groups in total. The van der Waals surface area contributed by atoms with Gasteiger partial charge in [0.25, 0.3) is 0 Å². The first-order valence-corrected chi connectivity index (χ1v) is 8.35. The molecule has 0 fully saturated rings. The Morgan fingerprint density at radius 2 is 1.58 bits per heavy atom. The standard InChI is InChI=1S/C22H23NO3/c1-6-16-13-18(9-12-20(16)26-21(23)14(2)3)17-7-10-19(11-8-17)25-22(24)15(4)5/h7-13,23H,2,4,6H2,1,3,5H3. The molecule has 4 heteroatoms. The van der Waals surface area contributed by atoms with Gasteiger partial charge < -0.3 is 9.47 Å². The summed E-state index contributed by atoms with van der Waals surface area (Å²) < 4.78 is 10.8. The summed E-state index contributed by atoms with van der Waals surface area (Å²) in [6.45, 7) is 12.7. The number of carbonyl (C=O) groups is 1. The molecule has 0 aliphatic carbocycles. The topological polar surface area (TPSA) is 59.4 Å². The van der Waals surface area contributed by atoms with Crippen LogP contribution in [-0.2, 0) is 11.2 Å². The van der Waals surface area contributed by atoms with Gasteiger partial charge in [-0.2, -0.15) is 0 Å². The van der Waals surface area contributed by atoms with E-state index in [2.05, 4.69) is 13.2 Å². The van der Waals surface area contributed by atoms with Gasteiger partial charge in [0.1, 0.15) is 11.5 Å². The van der Waals surface area contributed by atoms with Gasteiger partial charge in [-0.05, 0) is 61.2 Å². The van der Waals surface area contributed by atoms with Crippen molar-refractivity contribution in [1.82, 2.24) is 0 Å². The van der Waals surface area contributed by atoms with E-state index in [1.54, 1.807) is 26.0 Å². The van der Waals surface area contributed by atoms with Crippen molar-refractivity contribution < 1.29 is 14.3 Å². The van der Waals surface area contributed by atoms with E-state index < -0.39 is 5.97 Å². The molecule has 134 valence electrons. The van der Waals surface area contributed by atoms with Gasteiger partial charge in [0, 0.05) is 11.1 Å². The molecule has 0 aromatic heterocycles. The zero-order valence-corrected chi connectivity index (χ0v) is 15.4. The van der Waals surface area contributed by atoms with Crippen LogP contribution in [-0.4, -0.2) is 11.9 Å². The number of ether oxygens (including phenoxy) is 2. The fourth-order valence-electron chi connectivity index (χ4n) is 2.24. The summed E-state index contributed by atoms with van der Waals surface area (Å²) in [5.74, 6) is 0.771. The largest absolute Gasteiger partial charge is 0.439 e. The fraction of sp³-hybridized carbons (Fsp3) is 0.182. The molecule has 26 heavy (non-hydrogen) atoms. The third kappa shape index (κ3) is 4.70. The Morgan fingerprint density at radius 1 is 0.962 bits per heavy atom. The minimum atomic E-state index is -0.438. The lowest BCUT2D eigenvalue weighted by Crippen LogP contribution is -2.08. The zero-order chi connectivity index (χ0) is 19.3. The van der Waals surface area contributed by atoms with Gasteiger partial charge in [0.2, 0.25) is 5.90 Å². The van der Waals surface area contributed by atoms with E-state index in [0.29, 0.717) is 22.6 Å². The van der Waals surface area contributed by atoms with Crippen LogP contribution in [0.5, 0.6) is 11.5 Å². The van der Waals surface area contributed by atoms with Crippen LogP contribution in [0.1, 0.15) is 26.3 Å². The molecule has 2 aromatic rings. The Kier molecular flexibility index (Phi) is 6.12. The summed E-state index contributed by atoms with van der Waals surface area (Å²) in [6.07, 6.45) is 0.779. The van der Waals surface area contributed by atoms with Gasteiger partial charge in [0.05, 0.1) is 0 Å². The van der Waals surface area contributed by atoms with E-state index in [-0.39, 0.29) is 5.90 Å². The van der Waals surface area contributed by atoms with Crippen LogP contribution in [0.4, 0.5) is 0 Å². The number of nitrogens with one attached hydrogen (secondary N) is 1. The maximum atomic E-state index is 11.6. The van der Waals surface area contributed by atoms with Crippen molar-refractivity contribution in [2.24, 2.45) is 0 Å². The predicted molar refractivity (Wildman–Crippen MR) is 105 cm³/mol. The summed E-state index contributed by atoms with van der Waals surface area (Å²) in [6, 6.07) is 13.1. The molecule has 0 saturated heterocycles. The maximum absolute atomic E-state index is 11.6. The summed E-state index contributed by atoms with van der Waals surface area (Å²) in [4.78, 5) is 11.6.